The molecule has 0 heterocycles. The van der Waals surface area contributed by atoms with E-state index in [1.807, 2.05) is 0 Å². The van der Waals surface area contributed by atoms with Gasteiger partial charge in [0.1, 0.15) is 0 Å². The van der Waals surface area contributed by atoms with Crippen molar-refractivity contribution < 1.29 is 25.2 Å². The molecule has 0 aromatic rings. The second-order valence-electron chi connectivity index (χ2n) is 1.30. The largest absolute Gasteiger partial charge is 0.479 e. The average molecular weight is 134 g/mol. The molecule has 0 saturated heterocycles. The predicted molar refractivity (Wildman–Crippen MR) is 26.5 cm³/mol. The summed E-state index contributed by atoms with van der Waals surface area (Å²) in [6.45, 7) is 2.89. The van der Waals surface area contributed by atoms with Crippen molar-refractivity contribution >= 4 is 5.97 Å². The first-order valence-electron chi connectivity index (χ1n) is 2.00. The van der Waals surface area contributed by atoms with Crippen LogP contribution < -0.4 is 0 Å². The van der Waals surface area contributed by atoms with E-state index in [0.717, 1.165) is 0 Å². The quantitative estimate of drug-likeness (QED) is 0.273. The molecule has 1 atom stereocenters. The van der Waals surface area contributed by atoms with Crippen molar-refractivity contribution in [2.24, 2.45) is 0 Å². The summed E-state index contributed by atoms with van der Waals surface area (Å²) < 4.78 is 0. The van der Waals surface area contributed by atoms with Crippen LogP contribution in [0.2, 0.25) is 0 Å². The summed E-state index contributed by atoms with van der Waals surface area (Å²) in [5, 5.41) is 24.1. The third-order valence-electron chi connectivity index (χ3n) is 0.656. The van der Waals surface area contributed by atoms with E-state index in [1.54, 1.807) is 0 Å². The summed E-state index contributed by atoms with van der Waals surface area (Å²) in [5.41, 5.74) is 0. The first-order valence-corrected chi connectivity index (χ1v) is 2.00. The number of aliphatic hydroxyl groups is 1. The molecule has 0 bridgehead atoms. The van der Waals surface area contributed by atoms with Crippen LogP contribution in [0.4, 0.5) is 0 Å². The number of carboxylic acids is 1. The van der Waals surface area contributed by atoms with Crippen molar-refractivity contribution in [1.82, 2.24) is 0 Å². The Morgan fingerprint density at radius 1 is 1.67 bits per heavy atom. The summed E-state index contributed by atoms with van der Waals surface area (Å²) in [6.07, 6.45) is -1.87. The number of hydrogen-bond donors (Lipinski definition) is 3. The van der Waals surface area contributed by atoms with Crippen molar-refractivity contribution in [2.75, 3.05) is 0 Å². The lowest BCUT2D eigenvalue weighted by Crippen LogP contribution is -2.22. The molecule has 0 aliphatic rings. The van der Waals surface area contributed by atoms with Crippen molar-refractivity contribution in [3.63, 3.8) is 0 Å². The highest BCUT2D eigenvalue weighted by atomic mass is 17.1. The van der Waals surface area contributed by atoms with Crippen molar-refractivity contribution in [3.8, 4) is 0 Å². The minimum absolute atomic E-state index is 0.609. The fourth-order valence-electron chi connectivity index (χ4n) is 0.188. The lowest BCUT2D eigenvalue weighted by molar-refractivity contribution is -0.217. The molecule has 0 aromatic heterocycles. The second-order valence-corrected chi connectivity index (χ2v) is 1.30. The molecule has 0 fully saturated rings. The number of carboxylic acid groups (broad SMARTS) is 1. The van der Waals surface area contributed by atoms with E-state index in [4.69, 9.17) is 15.5 Å². The summed E-state index contributed by atoms with van der Waals surface area (Å²) in [5.74, 6) is -2.13. The maximum atomic E-state index is 9.80. The molecule has 0 aliphatic carbocycles. The number of rotatable bonds is 3. The van der Waals surface area contributed by atoms with E-state index in [9.17, 15) is 4.79 Å². The van der Waals surface area contributed by atoms with Crippen LogP contribution in [-0.4, -0.2) is 27.5 Å². The van der Waals surface area contributed by atoms with Gasteiger partial charge in [-0.2, -0.15) is 0 Å². The molecular formula is C4H6O5. The van der Waals surface area contributed by atoms with Crippen LogP contribution in [0.1, 0.15) is 0 Å². The first-order chi connectivity index (χ1) is 4.09. The van der Waals surface area contributed by atoms with Gasteiger partial charge in [-0.1, -0.05) is 6.58 Å². The number of aliphatic hydroxyl groups excluding tert-OH is 1. The van der Waals surface area contributed by atoms with E-state index in [1.165, 1.54) is 0 Å². The Bertz CT molecular complexity index is 129. The Morgan fingerprint density at radius 3 is 2.22 bits per heavy atom. The zero-order valence-electron chi connectivity index (χ0n) is 4.44. The van der Waals surface area contributed by atoms with Gasteiger partial charge in [0.15, 0.2) is 5.76 Å². The molecule has 0 radical (unpaired) electrons. The van der Waals surface area contributed by atoms with Gasteiger partial charge < -0.3 is 15.1 Å². The Kier molecular flexibility index (Phi) is 2.69. The molecule has 0 saturated carbocycles. The number of aliphatic carboxylic acids is 1. The fourth-order valence-corrected chi connectivity index (χ4v) is 0.188. The Hall–Kier alpha value is -1.07. The summed E-state index contributed by atoms with van der Waals surface area (Å²) in [6, 6.07) is 0. The Labute approximate surface area is 50.7 Å². The number of hydrogen-bond acceptors (Lipinski definition) is 4. The van der Waals surface area contributed by atoms with Crippen LogP contribution in [0.3, 0.4) is 0 Å². The van der Waals surface area contributed by atoms with Crippen LogP contribution in [0, 0.1) is 0 Å². The molecule has 9 heavy (non-hydrogen) atoms. The van der Waals surface area contributed by atoms with Crippen molar-refractivity contribution in [2.45, 2.75) is 6.10 Å². The minimum Gasteiger partial charge on any atom is -0.479 e. The fraction of sp³-hybridized carbons (Fsp3) is 0.250. The van der Waals surface area contributed by atoms with E-state index in [0.29, 0.717) is 0 Å². The average Bonchev–Trinajstić information content (AvgIpc) is 1.84. The monoisotopic (exact) mass is 134 g/mol. The molecular weight excluding hydrogens is 128 g/mol. The lowest BCUT2D eigenvalue weighted by Gasteiger charge is -2.02. The highest BCUT2D eigenvalue weighted by Crippen LogP contribution is 1.97. The van der Waals surface area contributed by atoms with Gasteiger partial charge >= 0.3 is 5.97 Å². The van der Waals surface area contributed by atoms with Crippen LogP contribution in [-0.2, 0) is 9.68 Å². The zero-order chi connectivity index (χ0) is 7.44. The van der Waals surface area contributed by atoms with E-state index in [-0.39, 0.29) is 0 Å². The van der Waals surface area contributed by atoms with Gasteiger partial charge in [-0.05, 0) is 0 Å². The molecule has 5 nitrogen and oxygen atoms in total. The van der Waals surface area contributed by atoms with Gasteiger partial charge in [-0.25, -0.2) is 10.1 Å². The molecule has 0 amide bonds. The predicted octanol–water partition coefficient (Wildman–Crippen LogP) is -0.565. The van der Waals surface area contributed by atoms with Gasteiger partial charge in [0.05, 0.1) is 0 Å². The molecule has 0 aromatic carbocycles. The van der Waals surface area contributed by atoms with Gasteiger partial charge in [-0.3, -0.25) is 0 Å². The molecule has 1 unspecified atom stereocenters. The highest BCUT2D eigenvalue weighted by Gasteiger charge is 2.18. The standard InChI is InChI=1S/C4H6O5/c1-2(9-8)3(5)4(6)7/h3,5,8H,1H2,(H,6,7). The van der Waals surface area contributed by atoms with Crippen LogP contribution in [0.15, 0.2) is 12.3 Å². The minimum atomic E-state index is -1.87. The van der Waals surface area contributed by atoms with E-state index in [2.05, 4.69) is 11.5 Å². The first kappa shape index (κ1) is 7.93. The van der Waals surface area contributed by atoms with Crippen molar-refractivity contribution in [1.29, 1.82) is 0 Å². The topological polar surface area (TPSA) is 87.0 Å². The van der Waals surface area contributed by atoms with E-state index < -0.39 is 17.8 Å². The molecule has 52 valence electrons. The van der Waals surface area contributed by atoms with Gasteiger partial charge in [0.25, 0.3) is 0 Å². The molecule has 0 aliphatic heterocycles. The normalized spacial score (nSPS) is 12.2. The third kappa shape index (κ3) is 2.11. The molecule has 0 rings (SSSR count). The van der Waals surface area contributed by atoms with Crippen molar-refractivity contribution in [3.05, 3.63) is 12.3 Å². The van der Waals surface area contributed by atoms with Crippen LogP contribution >= 0.6 is 0 Å². The smallest absolute Gasteiger partial charge is 0.340 e. The third-order valence-corrected chi connectivity index (χ3v) is 0.656. The number of carbonyl (C=O) groups is 1. The maximum absolute atomic E-state index is 9.80. The summed E-state index contributed by atoms with van der Waals surface area (Å²) in [4.78, 5) is 13.1. The molecule has 3 N–H and O–H groups in total. The van der Waals surface area contributed by atoms with Crippen LogP contribution in [0.25, 0.3) is 0 Å². The van der Waals surface area contributed by atoms with Crippen LogP contribution in [0.5, 0.6) is 0 Å². The van der Waals surface area contributed by atoms with Gasteiger partial charge in [-0.15, -0.1) is 0 Å². The molecule has 0 spiro atoms. The zero-order valence-corrected chi connectivity index (χ0v) is 4.44. The van der Waals surface area contributed by atoms with Gasteiger partial charge in [0, 0.05) is 0 Å². The Morgan fingerprint density at radius 2 is 2.11 bits per heavy atom. The van der Waals surface area contributed by atoms with Gasteiger partial charge in [0.2, 0.25) is 6.10 Å². The summed E-state index contributed by atoms with van der Waals surface area (Å²) in [7, 11) is 0. The second kappa shape index (κ2) is 3.06. The summed E-state index contributed by atoms with van der Waals surface area (Å²) >= 11 is 0. The van der Waals surface area contributed by atoms with E-state index >= 15 is 0 Å². The molecule has 5 heteroatoms. The lowest BCUT2D eigenvalue weighted by atomic mass is 10.3. The highest BCUT2D eigenvalue weighted by molar-refractivity contribution is 5.74. The Balaban J connectivity index is 3.88. The SMILES string of the molecule is C=C(OO)C(O)C(=O)O. The maximum Gasteiger partial charge on any atom is 0.340 e.